The lowest BCUT2D eigenvalue weighted by Crippen LogP contribution is -2.51. The molecule has 0 radical (unpaired) electrons. The number of aliphatic imine (C=N–C) groups is 1. The van der Waals surface area contributed by atoms with Crippen LogP contribution in [0.1, 0.15) is 11.1 Å². The molecule has 2 aliphatic rings. The summed E-state index contributed by atoms with van der Waals surface area (Å²) in [5, 5.41) is 2.96. The molecule has 2 heterocycles. The van der Waals surface area contributed by atoms with Crippen LogP contribution in [-0.2, 0) is 0 Å². The average Bonchev–Trinajstić information content (AvgIpc) is 3.01. The molecule has 0 bridgehead atoms. The molecule has 2 aliphatic heterocycles. The number of benzene rings is 3. The van der Waals surface area contributed by atoms with Gasteiger partial charge < -0.3 is 24.6 Å². The number of aryl methyl sites for hydroxylation is 1. The van der Waals surface area contributed by atoms with E-state index in [1.807, 2.05) is 78.6 Å². The molecular weight excluding hydrogens is 416 g/mol. The van der Waals surface area contributed by atoms with Gasteiger partial charge in [-0.05, 0) is 48.9 Å². The molecule has 5 rings (SSSR count). The molecule has 3 aromatic carbocycles. The standard InChI is InChI=1S/C26H26N4O3/c1-18-11-12-21-24(17-18)33-22-9-5-3-7-19(22)25(27-21)29-13-15-30(16-14-29)26(31)28-20-8-4-6-10-23(20)32-2/h3-12,17H,13-16H2,1-2H3,(H,28,31). The molecule has 0 spiro atoms. The highest BCUT2D eigenvalue weighted by molar-refractivity contribution is 6.04. The van der Waals surface area contributed by atoms with Crippen molar-refractivity contribution in [3.05, 3.63) is 77.9 Å². The van der Waals surface area contributed by atoms with Crippen molar-refractivity contribution < 1.29 is 14.3 Å². The minimum atomic E-state index is -0.133. The van der Waals surface area contributed by atoms with Crippen LogP contribution in [0.15, 0.2) is 71.7 Å². The molecular formula is C26H26N4O3. The van der Waals surface area contributed by atoms with E-state index in [0.29, 0.717) is 37.6 Å². The summed E-state index contributed by atoms with van der Waals surface area (Å²) in [6, 6.07) is 21.3. The lowest BCUT2D eigenvalue weighted by molar-refractivity contribution is 0.181. The van der Waals surface area contributed by atoms with E-state index in [9.17, 15) is 4.79 Å². The Morgan fingerprint density at radius 1 is 0.970 bits per heavy atom. The van der Waals surface area contributed by atoms with Gasteiger partial charge in [0.15, 0.2) is 5.75 Å². The fourth-order valence-corrected chi connectivity index (χ4v) is 4.13. The van der Waals surface area contributed by atoms with E-state index in [2.05, 4.69) is 10.2 Å². The van der Waals surface area contributed by atoms with Crippen LogP contribution < -0.4 is 14.8 Å². The van der Waals surface area contributed by atoms with E-state index < -0.39 is 0 Å². The first-order valence-corrected chi connectivity index (χ1v) is 11.0. The van der Waals surface area contributed by atoms with Gasteiger partial charge in [-0.1, -0.05) is 30.3 Å². The molecule has 1 fully saturated rings. The highest BCUT2D eigenvalue weighted by Crippen LogP contribution is 2.38. The Kier molecular flexibility index (Phi) is 5.60. The Balaban J connectivity index is 1.35. The number of amides is 2. The minimum Gasteiger partial charge on any atom is -0.495 e. The maximum absolute atomic E-state index is 12.9. The van der Waals surface area contributed by atoms with Crippen molar-refractivity contribution in [2.24, 2.45) is 4.99 Å². The van der Waals surface area contributed by atoms with Crippen LogP contribution in [0.5, 0.6) is 17.2 Å². The number of hydrogen-bond donors (Lipinski definition) is 1. The second kappa shape index (κ2) is 8.86. The predicted octanol–water partition coefficient (Wildman–Crippen LogP) is 5.04. The van der Waals surface area contributed by atoms with Crippen LogP contribution in [0, 0.1) is 6.92 Å². The molecule has 7 nitrogen and oxygen atoms in total. The third-order valence-electron chi connectivity index (χ3n) is 5.90. The van der Waals surface area contributed by atoms with E-state index in [1.165, 1.54) is 0 Å². The van der Waals surface area contributed by atoms with Crippen molar-refractivity contribution >= 4 is 23.2 Å². The smallest absolute Gasteiger partial charge is 0.322 e. The molecule has 0 aliphatic carbocycles. The third-order valence-corrected chi connectivity index (χ3v) is 5.90. The molecule has 1 N–H and O–H groups in total. The Labute approximate surface area is 193 Å². The minimum absolute atomic E-state index is 0.133. The van der Waals surface area contributed by atoms with Gasteiger partial charge in [-0.3, -0.25) is 0 Å². The Hall–Kier alpha value is -4.00. The summed E-state index contributed by atoms with van der Waals surface area (Å²) in [6.45, 7) is 4.56. The normalized spacial score (nSPS) is 14.9. The summed E-state index contributed by atoms with van der Waals surface area (Å²) >= 11 is 0. The highest BCUT2D eigenvalue weighted by Gasteiger charge is 2.27. The van der Waals surface area contributed by atoms with Crippen LogP contribution in [0.2, 0.25) is 0 Å². The van der Waals surface area contributed by atoms with Crippen molar-refractivity contribution in [1.82, 2.24) is 9.80 Å². The zero-order valence-corrected chi connectivity index (χ0v) is 18.7. The van der Waals surface area contributed by atoms with Gasteiger partial charge in [-0.15, -0.1) is 0 Å². The first kappa shape index (κ1) is 20.9. The topological polar surface area (TPSA) is 66.4 Å². The van der Waals surface area contributed by atoms with Crippen LogP contribution in [-0.4, -0.2) is 55.0 Å². The molecule has 0 saturated carbocycles. The number of methoxy groups -OCH3 is 1. The van der Waals surface area contributed by atoms with Gasteiger partial charge in [-0.25, -0.2) is 9.79 Å². The number of piperazine rings is 1. The number of urea groups is 1. The summed E-state index contributed by atoms with van der Waals surface area (Å²) in [5.41, 5.74) is 3.56. The van der Waals surface area contributed by atoms with E-state index in [-0.39, 0.29) is 6.03 Å². The predicted molar refractivity (Wildman–Crippen MR) is 129 cm³/mol. The van der Waals surface area contributed by atoms with E-state index in [1.54, 1.807) is 7.11 Å². The van der Waals surface area contributed by atoms with Gasteiger partial charge in [0.25, 0.3) is 0 Å². The first-order valence-electron chi connectivity index (χ1n) is 11.0. The maximum Gasteiger partial charge on any atom is 0.322 e. The SMILES string of the molecule is COc1ccccc1NC(=O)N1CCN(C2=Nc3ccc(C)cc3Oc3ccccc32)CC1. The molecule has 0 unspecified atom stereocenters. The fourth-order valence-electron chi connectivity index (χ4n) is 4.13. The number of carbonyl (C=O) groups excluding carboxylic acids is 1. The molecule has 3 aromatic rings. The quantitative estimate of drug-likeness (QED) is 0.604. The van der Waals surface area contributed by atoms with E-state index >= 15 is 0 Å². The molecule has 2 amide bonds. The molecule has 7 heteroatoms. The van der Waals surface area contributed by atoms with Crippen molar-refractivity contribution in [1.29, 1.82) is 0 Å². The van der Waals surface area contributed by atoms with E-state index in [0.717, 1.165) is 34.1 Å². The van der Waals surface area contributed by atoms with Gasteiger partial charge in [0.05, 0.1) is 18.4 Å². The lowest BCUT2D eigenvalue weighted by atomic mass is 10.1. The summed E-state index contributed by atoms with van der Waals surface area (Å²) in [4.78, 5) is 21.9. The number of nitrogens with zero attached hydrogens (tertiary/aromatic N) is 3. The van der Waals surface area contributed by atoms with Crippen molar-refractivity contribution in [2.45, 2.75) is 6.92 Å². The zero-order valence-electron chi connectivity index (χ0n) is 18.7. The number of fused-ring (bicyclic) bond motifs is 2. The maximum atomic E-state index is 12.9. The Bertz CT molecular complexity index is 1220. The number of amidine groups is 1. The van der Waals surface area contributed by atoms with Gasteiger partial charge in [-0.2, -0.15) is 0 Å². The van der Waals surface area contributed by atoms with Gasteiger partial charge >= 0.3 is 6.03 Å². The fraction of sp³-hybridized carbons (Fsp3) is 0.231. The number of ether oxygens (including phenoxy) is 2. The average molecular weight is 443 g/mol. The van der Waals surface area contributed by atoms with Crippen LogP contribution in [0.3, 0.4) is 0 Å². The Morgan fingerprint density at radius 2 is 1.73 bits per heavy atom. The number of para-hydroxylation sites is 3. The number of hydrogen-bond acceptors (Lipinski definition) is 5. The van der Waals surface area contributed by atoms with E-state index in [4.69, 9.17) is 14.5 Å². The van der Waals surface area contributed by atoms with Crippen molar-refractivity contribution in [3.8, 4) is 17.2 Å². The monoisotopic (exact) mass is 442 g/mol. The molecule has 0 atom stereocenters. The first-order chi connectivity index (χ1) is 16.1. The zero-order chi connectivity index (χ0) is 22.8. The third kappa shape index (κ3) is 4.22. The molecule has 0 aromatic heterocycles. The molecule has 1 saturated heterocycles. The largest absolute Gasteiger partial charge is 0.495 e. The second-order valence-corrected chi connectivity index (χ2v) is 8.11. The van der Waals surface area contributed by atoms with Crippen molar-refractivity contribution in [3.63, 3.8) is 0 Å². The summed E-state index contributed by atoms with van der Waals surface area (Å²) in [5.74, 6) is 3.06. The lowest BCUT2D eigenvalue weighted by Gasteiger charge is -2.36. The van der Waals surface area contributed by atoms with Crippen LogP contribution >= 0.6 is 0 Å². The summed E-state index contributed by atoms with van der Waals surface area (Å²) < 4.78 is 11.6. The summed E-state index contributed by atoms with van der Waals surface area (Å²) in [6.07, 6.45) is 0. The highest BCUT2D eigenvalue weighted by atomic mass is 16.5. The number of carbonyl (C=O) groups is 1. The number of anilines is 1. The Morgan fingerprint density at radius 3 is 2.55 bits per heavy atom. The molecule has 33 heavy (non-hydrogen) atoms. The van der Waals surface area contributed by atoms with Crippen LogP contribution in [0.4, 0.5) is 16.2 Å². The second-order valence-electron chi connectivity index (χ2n) is 8.11. The van der Waals surface area contributed by atoms with Crippen molar-refractivity contribution in [2.75, 3.05) is 38.6 Å². The number of nitrogens with one attached hydrogen (secondary N) is 1. The van der Waals surface area contributed by atoms with Crippen LogP contribution in [0.25, 0.3) is 0 Å². The van der Waals surface area contributed by atoms with Gasteiger partial charge in [0.2, 0.25) is 0 Å². The summed E-state index contributed by atoms with van der Waals surface area (Å²) in [7, 11) is 1.60. The molecule has 168 valence electrons. The van der Waals surface area contributed by atoms with Gasteiger partial charge in [0, 0.05) is 26.2 Å². The van der Waals surface area contributed by atoms with Gasteiger partial charge in [0.1, 0.15) is 23.0 Å². The number of rotatable bonds is 2.